The Labute approximate surface area is 135 Å². The number of aromatic nitrogens is 6. The Morgan fingerprint density at radius 1 is 1.22 bits per heavy atom. The molecule has 1 saturated heterocycles. The summed E-state index contributed by atoms with van der Waals surface area (Å²) in [7, 11) is 1.62. The van der Waals surface area contributed by atoms with Gasteiger partial charge in [-0.05, 0) is 16.8 Å². The first kappa shape index (κ1) is 15.6. The zero-order chi connectivity index (χ0) is 16.1. The lowest BCUT2D eigenvalue weighted by molar-refractivity contribution is 0.238. The highest BCUT2D eigenvalue weighted by Gasteiger charge is 2.21. The van der Waals surface area contributed by atoms with E-state index in [0.717, 1.165) is 57.5 Å². The SMILES string of the molecule is CCCn1nnnc1CN1CCN(c2nccc(OC)n2)CC1. The third-order valence-corrected chi connectivity index (χ3v) is 3.89. The van der Waals surface area contributed by atoms with Crippen molar-refractivity contribution in [2.24, 2.45) is 0 Å². The number of methoxy groups -OCH3 is 1. The van der Waals surface area contributed by atoms with E-state index < -0.39 is 0 Å². The topological polar surface area (TPSA) is 85.1 Å². The summed E-state index contributed by atoms with van der Waals surface area (Å²) in [6.45, 7) is 7.38. The zero-order valence-corrected chi connectivity index (χ0v) is 13.6. The van der Waals surface area contributed by atoms with Crippen LogP contribution in [0.1, 0.15) is 19.2 Å². The summed E-state index contributed by atoms with van der Waals surface area (Å²) in [4.78, 5) is 13.3. The van der Waals surface area contributed by atoms with E-state index in [0.29, 0.717) is 5.88 Å². The molecular weight excluding hydrogens is 296 g/mol. The standard InChI is InChI=1S/C14H22N8O/c1-3-6-22-12(17-18-19-22)11-20-7-9-21(10-8-20)14-15-5-4-13(16-14)23-2/h4-5H,3,6-11H2,1-2H3. The fourth-order valence-corrected chi connectivity index (χ4v) is 2.63. The highest BCUT2D eigenvalue weighted by atomic mass is 16.5. The first-order valence-electron chi connectivity index (χ1n) is 7.89. The van der Waals surface area contributed by atoms with Gasteiger partial charge in [0.15, 0.2) is 5.82 Å². The van der Waals surface area contributed by atoms with Crippen molar-refractivity contribution in [3.8, 4) is 5.88 Å². The van der Waals surface area contributed by atoms with E-state index >= 15 is 0 Å². The molecule has 3 rings (SSSR count). The smallest absolute Gasteiger partial charge is 0.228 e. The van der Waals surface area contributed by atoms with Crippen molar-refractivity contribution in [2.45, 2.75) is 26.4 Å². The van der Waals surface area contributed by atoms with Crippen LogP contribution >= 0.6 is 0 Å². The Hall–Kier alpha value is -2.29. The molecule has 0 bridgehead atoms. The summed E-state index contributed by atoms with van der Waals surface area (Å²) in [6, 6.07) is 1.76. The van der Waals surface area contributed by atoms with Crippen LogP contribution in [0.3, 0.4) is 0 Å². The summed E-state index contributed by atoms with van der Waals surface area (Å²) in [6.07, 6.45) is 2.76. The van der Waals surface area contributed by atoms with Gasteiger partial charge in [-0.15, -0.1) is 5.10 Å². The second kappa shape index (κ2) is 7.32. The van der Waals surface area contributed by atoms with Gasteiger partial charge in [-0.1, -0.05) is 6.92 Å². The fourth-order valence-electron chi connectivity index (χ4n) is 2.63. The van der Waals surface area contributed by atoms with Crippen LogP contribution in [0, 0.1) is 0 Å². The van der Waals surface area contributed by atoms with Gasteiger partial charge in [0, 0.05) is 45.0 Å². The Bertz CT molecular complexity index is 623. The molecule has 0 amide bonds. The molecular formula is C14H22N8O. The number of tetrazole rings is 1. The lowest BCUT2D eigenvalue weighted by Crippen LogP contribution is -2.46. The molecule has 9 nitrogen and oxygen atoms in total. The maximum Gasteiger partial charge on any atom is 0.228 e. The molecule has 0 atom stereocenters. The molecule has 0 aliphatic carbocycles. The molecule has 0 spiro atoms. The lowest BCUT2D eigenvalue weighted by atomic mass is 10.3. The number of aryl methyl sites for hydroxylation is 1. The van der Waals surface area contributed by atoms with Gasteiger partial charge in [0.05, 0.1) is 13.7 Å². The van der Waals surface area contributed by atoms with Gasteiger partial charge in [0.25, 0.3) is 0 Å². The maximum atomic E-state index is 5.16. The van der Waals surface area contributed by atoms with Gasteiger partial charge in [0.2, 0.25) is 11.8 Å². The molecule has 2 aromatic rings. The molecule has 1 aliphatic heterocycles. The van der Waals surface area contributed by atoms with E-state index in [9.17, 15) is 0 Å². The third-order valence-electron chi connectivity index (χ3n) is 3.89. The minimum atomic E-state index is 0.594. The molecule has 0 saturated carbocycles. The molecule has 124 valence electrons. The number of hydrogen-bond acceptors (Lipinski definition) is 8. The summed E-state index contributed by atoms with van der Waals surface area (Å²) in [5.74, 6) is 2.24. The number of hydrogen-bond donors (Lipinski definition) is 0. The molecule has 0 radical (unpaired) electrons. The van der Waals surface area contributed by atoms with Crippen LogP contribution in [0.4, 0.5) is 5.95 Å². The highest BCUT2D eigenvalue weighted by molar-refractivity contribution is 5.32. The summed E-state index contributed by atoms with van der Waals surface area (Å²) < 4.78 is 7.05. The van der Waals surface area contributed by atoms with Crippen molar-refractivity contribution in [1.29, 1.82) is 0 Å². The Morgan fingerprint density at radius 2 is 2.04 bits per heavy atom. The van der Waals surface area contributed by atoms with Crippen molar-refractivity contribution in [2.75, 3.05) is 38.2 Å². The normalized spacial score (nSPS) is 15.8. The molecule has 1 fully saturated rings. The molecule has 1 aliphatic rings. The highest BCUT2D eigenvalue weighted by Crippen LogP contribution is 2.15. The van der Waals surface area contributed by atoms with E-state index in [1.807, 2.05) is 4.68 Å². The van der Waals surface area contributed by atoms with Crippen molar-refractivity contribution in [3.05, 3.63) is 18.1 Å². The van der Waals surface area contributed by atoms with Crippen LogP contribution < -0.4 is 9.64 Å². The second-order valence-electron chi connectivity index (χ2n) is 5.48. The van der Waals surface area contributed by atoms with E-state index in [-0.39, 0.29) is 0 Å². The van der Waals surface area contributed by atoms with Gasteiger partial charge in [0.1, 0.15) is 0 Å². The van der Waals surface area contributed by atoms with Gasteiger partial charge in [-0.25, -0.2) is 9.67 Å². The summed E-state index contributed by atoms with van der Waals surface area (Å²) >= 11 is 0. The van der Waals surface area contributed by atoms with Crippen molar-refractivity contribution < 1.29 is 4.74 Å². The number of anilines is 1. The quantitative estimate of drug-likeness (QED) is 0.747. The molecule has 0 unspecified atom stereocenters. The molecule has 0 aromatic carbocycles. The average molecular weight is 318 g/mol. The number of piperazine rings is 1. The molecule has 2 aromatic heterocycles. The van der Waals surface area contributed by atoms with Crippen LogP contribution in [-0.2, 0) is 13.1 Å². The van der Waals surface area contributed by atoms with Crippen molar-refractivity contribution in [3.63, 3.8) is 0 Å². The van der Waals surface area contributed by atoms with Crippen LogP contribution in [0.5, 0.6) is 5.88 Å². The van der Waals surface area contributed by atoms with Gasteiger partial charge >= 0.3 is 0 Å². The largest absolute Gasteiger partial charge is 0.481 e. The number of nitrogens with zero attached hydrogens (tertiary/aromatic N) is 8. The van der Waals surface area contributed by atoms with Crippen molar-refractivity contribution >= 4 is 5.95 Å². The fraction of sp³-hybridized carbons (Fsp3) is 0.643. The Balaban J connectivity index is 1.56. The average Bonchev–Trinajstić information content (AvgIpc) is 3.03. The first-order valence-corrected chi connectivity index (χ1v) is 7.89. The van der Waals surface area contributed by atoms with E-state index in [1.165, 1.54) is 0 Å². The van der Waals surface area contributed by atoms with Gasteiger partial charge in [-0.2, -0.15) is 4.98 Å². The summed E-state index contributed by atoms with van der Waals surface area (Å²) in [5, 5.41) is 12.0. The van der Waals surface area contributed by atoms with Crippen LogP contribution in [0.2, 0.25) is 0 Å². The minimum Gasteiger partial charge on any atom is -0.481 e. The van der Waals surface area contributed by atoms with E-state index in [2.05, 4.69) is 42.2 Å². The zero-order valence-electron chi connectivity index (χ0n) is 13.6. The van der Waals surface area contributed by atoms with E-state index in [4.69, 9.17) is 4.74 Å². The molecule has 0 N–H and O–H groups in total. The predicted octanol–water partition coefficient (Wildman–Crippen LogP) is 0.204. The minimum absolute atomic E-state index is 0.594. The van der Waals surface area contributed by atoms with Crippen LogP contribution in [0.15, 0.2) is 12.3 Å². The first-order chi connectivity index (χ1) is 11.3. The summed E-state index contributed by atoms with van der Waals surface area (Å²) in [5.41, 5.74) is 0. The second-order valence-corrected chi connectivity index (χ2v) is 5.48. The molecule has 23 heavy (non-hydrogen) atoms. The van der Waals surface area contributed by atoms with E-state index in [1.54, 1.807) is 19.4 Å². The number of rotatable bonds is 6. The van der Waals surface area contributed by atoms with Gasteiger partial charge < -0.3 is 9.64 Å². The Morgan fingerprint density at radius 3 is 2.78 bits per heavy atom. The monoisotopic (exact) mass is 318 g/mol. The lowest BCUT2D eigenvalue weighted by Gasteiger charge is -2.34. The van der Waals surface area contributed by atoms with Crippen LogP contribution in [-0.4, -0.2) is 68.4 Å². The molecule has 9 heteroatoms. The molecule has 3 heterocycles. The van der Waals surface area contributed by atoms with Gasteiger partial charge in [-0.3, -0.25) is 4.90 Å². The number of ether oxygens (including phenoxy) is 1. The maximum absolute atomic E-state index is 5.16. The van der Waals surface area contributed by atoms with Crippen LogP contribution in [0.25, 0.3) is 0 Å². The predicted molar refractivity (Wildman–Crippen MR) is 84.2 cm³/mol. The van der Waals surface area contributed by atoms with Crippen molar-refractivity contribution in [1.82, 2.24) is 35.1 Å². The Kier molecular flexibility index (Phi) is 4.96. The third kappa shape index (κ3) is 3.73.